The van der Waals surface area contributed by atoms with Crippen LogP contribution in [-0.4, -0.2) is 9.78 Å². The van der Waals surface area contributed by atoms with Gasteiger partial charge in [-0.15, -0.1) is 0 Å². The van der Waals surface area contributed by atoms with Gasteiger partial charge in [-0.25, -0.2) is 0 Å². The van der Waals surface area contributed by atoms with Crippen LogP contribution in [0.4, 0.5) is 0 Å². The van der Waals surface area contributed by atoms with Crippen molar-refractivity contribution >= 4 is 0 Å². The van der Waals surface area contributed by atoms with Crippen molar-refractivity contribution in [2.75, 3.05) is 0 Å². The fourth-order valence-electron chi connectivity index (χ4n) is 1.40. The lowest BCUT2D eigenvalue weighted by Gasteiger charge is -2.09. The molecule has 0 bridgehead atoms. The Kier molecular flexibility index (Phi) is 2.52. The molecule has 0 fully saturated rings. The molecule has 0 saturated heterocycles. The highest BCUT2D eigenvalue weighted by Gasteiger charge is 2.10. The highest BCUT2D eigenvalue weighted by atomic mass is 15.3. The van der Waals surface area contributed by atoms with Gasteiger partial charge in [-0.3, -0.25) is 4.68 Å². The Hall–Kier alpha value is -0.830. The third-order valence-corrected chi connectivity index (χ3v) is 2.06. The number of hydrogen-bond donors (Lipinski definition) is 1. The van der Waals surface area contributed by atoms with Crippen molar-refractivity contribution in [3.05, 3.63) is 17.5 Å². The van der Waals surface area contributed by atoms with Gasteiger partial charge in [0.15, 0.2) is 0 Å². The van der Waals surface area contributed by atoms with Gasteiger partial charge in [-0.05, 0) is 27.7 Å². The Labute approximate surface area is 73.6 Å². The van der Waals surface area contributed by atoms with Crippen LogP contribution in [0, 0.1) is 6.92 Å². The number of nitrogens with zero attached hydrogens (tertiary/aromatic N) is 2. The lowest BCUT2D eigenvalue weighted by Crippen LogP contribution is -2.09. The van der Waals surface area contributed by atoms with Gasteiger partial charge >= 0.3 is 0 Å². The van der Waals surface area contributed by atoms with E-state index in [1.165, 1.54) is 5.69 Å². The van der Waals surface area contributed by atoms with Gasteiger partial charge in [0.05, 0.1) is 6.20 Å². The van der Waals surface area contributed by atoms with Gasteiger partial charge in [-0.2, -0.15) is 5.10 Å². The molecule has 68 valence electrons. The molecule has 1 aromatic heterocycles. The van der Waals surface area contributed by atoms with Crippen molar-refractivity contribution in [1.29, 1.82) is 0 Å². The molecule has 2 N–H and O–H groups in total. The first-order chi connectivity index (χ1) is 5.54. The molecule has 0 aliphatic rings. The molecule has 0 radical (unpaired) electrons. The van der Waals surface area contributed by atoms with Gasteiger partial charge in [0, 0.05) is 23.3 Å². The van der Waals surface area contributed by atoms with Gasteiger partial charge < -0.3 is 5.73 Å². The summed E-state index contributed by atoms with van der Waals surface area (Å²) in [5, 5.41) is 4.27. The summed E-state index contributed by atoms with van der Waals surface area (Å²) in [4.78, 5) is 0. The minimum atomic E-state index is 0.0810. The summed E-state index contributed by atoms with van der Waals surface area (Å²) in [6.45, 7) is 8.27. The summed E-state index contributed by atoms with van der Waals surface area (Å²) < 4.78 is 2.00. The van der Waals surface area contributed by atoms with Crippen LogP contribution in [-0.2, 0) is 0 Å². The zero-order valence-electron chi connectivity index (χ0n) is 8.20. The summed E-state index contributed by atoms with van der Waals surface area (Å²) in [6.07, 6.45) is 1.86. The Morgan fingerprint density at radius 3 is 2.25 bits per heavy atom. The second-order valence-corrected chi connectivity index (χ2v) is 3.51. The van der Waals surface area contributed by atoms with E-state index in [0.717, 1.165) is 5.56 Å². The normalized spacial score (nSPS) is 13.8. The van der Waals surface area contributed by atoms with E-state index in [2.05, 4.69) is 25.9 Å². The lowest BCUT2D eigenvalue weighted by molar-refractivity contribution is 0.517. The van der Waals surface area contributed by atoms with Crippen molar-refractivity contribution in [3.63, 3.8) is 0 Å². The van der Waals surface area contributed by atoms with Crippen molar-refractivity contribution in [1.82, 2.24) is 9.78 Å². The Morgan fingerprint density at radius 2 is 2.00 bits per heavy atom. The highest BCUT2D eigenvalue weighted by molar-refractivity contribution is 5.19. The van der Waals surface area contributed by atoms with Crippen LogP contribution >= 0.6 is 0 Å². The molecule has 0 aliphatic carbocycles. The van der Waals surface area contributed by atoms with Gasteiger partial charge in [0.1, 0.15) is 0 Å². The molecule has 1 atom stereocenters. The molecule has 1 heterocycles. The van der Waals surface area contributed by atoms with Gasteiger partial charge in [0.2, 0.25) is 0 Å². The monoisotopic (exact) mass is 167 g/mol. The largest absolute Gasteiger partial charge is 0.324 e. The summed E-state index contributed by atoms with van der Waals surface area (Å²) in [5.41, 5.74) is 8.10. The van der Waals surface area contributed by atoms with E-state index in [0.29, 0.717) is 6.04 Å². The quantitative estimate of drug-likeness (QED) is 0.729. The van der Waals surface area contributed by atoms with E-state index < -0.39 is 0 Å². The second kappa shape index (κ2) is 3.27. The van der Waals surface area contributed by atoms with Crippen molar-refractivity contribution in [2.45, 2.75) is 39.8 Å². The molecule has 1 aromatic rings. The standard InChI is InChI=1S/C9H17N3/c1-6(2)12-8(4)9(5-11-12)7(3)10/h5-7H,10H2,1-4H3. The summed E-state index contributed by atoms with van der Waals surface area (Å²) in [7, 11) is 0. The van der Waals surface area contributed by atoms with E-state index in [9.17, 15) is 0 Å². The molecular formula is C9H17N3. The SMILES string of the molecule is Cc1c(C(C)N)cnn1C(C)C. The first-order valence-electron chi connectivity index (χ1n) is 4.33. The van der Waals surface area contributed by atoms with Crippen LogP contribution in [0.15, 0.2) is 6.20 Å². The third-order valence-electron chi connectivity index (χ3n) is 2.06. The number of aromatic nitrogens is 2. The average molecular weight is 167 g/mol. The van der Waals surface area contributed by atoms with E-state index in [1.807, 2.05) is 17.8 Å². The molecule has 0 spiro atoms. The predicted octanol–water partition coefficient (Wildman–Crippen LogP) is 1.79. The van der Waals surface area contributed by atoms with Crippen LogP contribution in [0.25, 0.3) is 0 Å². The molecule has 3 heteroatoms. The van der Waals surface area contributed by atoms with Crippen LogP contribution in [0.5, 0.6) is 0 Å². The molecule has 0 aromatic carbocycles. The number of hydrogen-bond acceptors (Lipinski definition) is 2. The predicted molar refractivity (Wildman–Crippen MR) is 50.0 cm³/mol. The molecule has 1 unspecified atom stereocenters. The maximum absolute atomic E-state index is 5.77. The molecule has 3 nitrogen and oxygen atoms in total. The zero-order valence-corrected chi connectivity index (χ0v) is 8.20. The minimum absolute atomic E-state index is 0.0810. The fourth-order valence-corrected chi connectivity index (χ4v) is 1.40. The maximum Gasteiger partial charge on any atom is 0.0540 e. The molecule has 0 amide bonds. The van der Waals surface area contributed by atoms with Crippen LogP contribution < -0.4 is 5.73 Å². The van der Waals surface area contributed by atoms with Crippen LogP contribution in [0.1, 0.15) is 44.1 Å². The van der Waals surface area contributed by atoms with Crippen LogP contribution in [0.3, 0.4) is 0 Å². The summed E-state index contributed by atoms with van der Waals surface area (Å²) >= 11 is 0. The lowest BCUT2D eigenvalue weighted by atomic mass is 10.1. The number of nitrogens with two attached hydrogens (primary N) is 1. The molecular weight excluding hydrogens is 150 g/mol. The topological polar surface area (TPSA) is 43.8 Å². The zero-order chi connectivity index (χ0) is 9.30. The molecule has 0 aliphatic heterocycles. The summed E-state index contributed by atoms with van der Waals surface area (Å²) in [5.74, 6) is 0. The highest BCUT2D eigenvalue weighted by Crippen LogP contribution is 2.17. The molecule has 12 heavy (non-hydrogen) atoms. The van der Waals surface area contributed by atoms with Crippen LogP contribution in [0.2, 0.25) is 0 Å². The average Bonchev–Trinajstić information content (AvgIpc) is 2.30. The molecule has 1 rings (SSSR count). The van der Waals surface area contributed by atoms with Crippen molar-refractivity contribution in [2.24, 2.45) is 5.73 Å². The first kappa shape index (κ1) is 9.26. The second-order valence-electron chi connectivity index (χ2n) is 3.51. The fraction of sp³-hybridized carbons (Fsp3) is 0.667. The Balaban J connectivity index is 3.04. The Morgan fingerprint density at radius 1 is 1.42 bits per heavy atom. The summed E-state index contributed by atoms with van der Waals surface area (Å²) in [6, 6.07) is 0.495. The smallest absolute Gasteiger partial charge is 0.0540 e. The maximum atomic E-state index is 5.77. The van der Waals surface area contributed by atoms with E-state index in [-0.39, 0.29) is 6.04 Å². The Bertz CT molecular complexity index is 235. The van der Waals surface area contributed by atoms with E-state index in [1.54, 1.807) is 0 Å². The van der Waals surface area contributed by atoms with Crippen molar-refractivity contribution < 1.29 is 0 Å². The van der Waals surface area contributed by atoms with Gasteiger partial charge in [0.25, 0.3) is 0 Å². The van der Waals surface area contributed by atoms with Gasteiger partial charge in [-0.1, -0.05) is 0 Å². The first-order valence-corrected chi connectivity index (χ1v) is 4.33. The third kappa shape index (κ3) is 1.50. The van der Waals surface area contributed by atoms with E-state index in [4.69, 9.17) is 5.73 Å². The minimum Gasteiger partial charge on any atom is -0.324 e. The molecule has 0 saturated carbocycles. The van der Waals surface area contributed by atoms with E-state index >= 15 is 0 Å². The number of rotatable bonds is 2. The van der Waals surface area contributed by atoms with Crippen molar-refractivity contribution in [3.8, 4) is 0 Å².